The number of nitrogens with one attached hydrogen (secondary N) is 2. The first-order chi connectivity index (χ1) is 11.7. The van der Waals surface area contributed by atoms with Gasteiger partial charge in [0, 0.05) is 19.3 Å². The summed E-state index contributed by atoms with van der Waals surface area (Å²) < 4.78 is 0. The van der Waals surface area contributed by atoms with Crippen LogP contribution < -0.4 is 10.9 Å². The molecule has 0 unspecified atom stereocenters. The Hall–Kier alpha value is -2.61. The molecule has 0 aliphatic carbocycles. The third kappa shape index (κ3) is 3.83. The topological polar surface area (TPSA) is 101 Å². The lowest BCUT2D eigenvalue weighted by Gasteiger charge is -2.03. The quantitative estimate of drug-likeness (QED) is 0.715. The lowest BCUT2D eigenvalue weighted by Crippen LogP contribution is -2.16. The van der Waals surface area contributed by atoms with Gasteiger partial charge in [-0.3, -0.25) is 9.59 Å². The van der Waals surface area contributed by atoms with Crippen LogP contribution in [0.15, 0.2) is 29.1 Å². The summed E-state index contributed by atoms with van der Waals surface area (Å²) in [4.78, 5) is 31.1. The van der Waals surface area contributed by atoms with Gasteiger partial charge in [-0.1, -0.05) is 30.4 Å². The van der Waals surface area contributed by atoms with E-state index in [9.17, 15) is 9.59 Å². The van der Waals surface area contributed by atoms with E-state index in [1.54, 1.807) is 18.2 Å². The standard InChI is InChI=1S/C16H17N5O2S/c1-2-5-14-20-21-16(24-14)19-13(22)9-8-12-17-11-7-4-3-6-10(11)15(23)18-12/h3-4,6-7H,2,5,8-9H2,1H3,(H,17,18,23)(H,19,21,22). The maximum absolute atomic E-state index is 12.0. The molecule has 7 nitrogen and oxygen atoms in total. The van der Waals surface area contributed by atoms with Crippen LogP contribution >= 0.6 is 11.3 Å². The summed E-state index contributed by atoms with van der Waals surface area (Å²) in [5, 5.41) is 12.7. The lowest BCUT2D eigenvalue weighted by atomic mass is 10.2. The van der Waals surface area contributed by atoms with Crippen molar-refractivity contribution < 1.29 is 4.79 Å². The number of H-pyrrole nitrogens is 1. The Labute approximate surface area is 142 Å². The zero-order valence-electron chi connectivity index (χ0n) is 13.2. The first kappa shape index (κ1) is 16.3. The summed E-state index contributed by atoms with van der Waals surface area (Å²) in [5.41, 5.74) is 0.439. The van der Waals surface area contributed by atoms with Gasteiger partial charge in [0.1, 0.15) is 10.8 Å². The molecular weight excluding hydrogens is 326 g/mol. The first-order valence-corrected chi connectivity index (χ1v) is 8.57. The maximum atomic E-state index is 12.0. The Morgan fingerprint density at radius 1 is 1.25 bits per heavy atom. The highest BCUT2D eigenvalue weighted by molar-refractivity contribution is 7.15. The third-order valence-electron chi connectivity index (χ3n) is 3.43. The van der Waals surface area contributed by atoms with Gasteiger partial charge in [0.15, 0.2) is 0 Å². The molecule has 8 heteroatoms. The molecule has 24 heavy (non-hydrogen) atoms. The summed E-state index contributed by atoms with van der Waals surface area (Å²) >= 11 is 1.38. The Kier molecular flexibility index (Phi) is 4.95. The summed E-state index contributed by atoms with van der Waals surface area (Å²) in [6.07, 6.45) is 2.41. The van der Waals surface area contributed by atoms with Crippen molar-refractivity contribution in [2.24, 2.45) is 0 Å². The molecule has 0 atom stereocenters. The molecule has 0 saturated carbocycles. The van der Waals surface area contributed by atoms with Crippen molar-refractivity contribution in [3.63, 3.8) is 0 Å². The first-order valence-electron chi connectivity index (χ1n) is 7.76. The third-order valence-corrected chi connectivity index (χ3v) is 4.33. The fourth-order valence-corrected chi connectivity index (χ4v) is 3.14. The van der Waals surface area contributed by atoms with Gasteiger partial charge in [-0.15, -0.1) is 10.2 Å². The molecule has 0 saturated heterocycles. The van der Waals surface area contributed by atoms with Gasteiger partial charge in [-0.25, -0.2) is 4.98 Å². The molecule has 0 radical (unpaired) electrons. The van der Waals surface area contributed by atoms with E-state index in [1.165, 1.54) is 11.3 Å². The van der Waals surface area contributed by atoms with E-state index in [0.717, 1.165) is 17.8 Å². The molecule has 0 aliphatic rings. The van der Waals surface area contributed by atoms with Crippen molar-refractivity contribution in [2.75, 3.05) is 5.32 Å². The molecule has 1 aromatic carbocycles. The van der Waals surface area contributed by atoms with Crippen molar-refractivity contribution in [3.8, 4) is 0 Å². The number of hydrogen-bond donors (Lipinski definition) is 2. The summed E-state index contributed by atoms with van der Waals surface area (Å²) in [7, 11) is 0. The van der Waals surface area contributed by atoms with Gasteiger partial charge >= 0.3 is 0 Å². The summed E-state index contributed by atoms with van der Waals surface area (Å²) in [6.45, 7) is 2.07. The lowest BCUT2D eigenvalue weighted by molar-refractivity contribution is -0.116. The smallest absolute Gasteiger partial charge is 0.258 e. The van der Waals surface area contributed by atoms with Gasteiger partial charge in [0.05, 0.1) is 10.9 Å². The second-order valence-corrected chi connectivity index (χ2v) is 6.39. The average Bonchev–Trinajstić information content (AvgIpc) is 3.00. The van der Waals surface area contributed by atoms with Gasteiger partial charge in [-0.05, 0) is 18.6 Å². The van der Waals surface area contributed by atoms with Gasteiger partial charge < -0.3 is 10.3 Å². The number of hydrogen-bond acceptors (Lipinski definition) is 6. The van der Waals surface area contributed by atoms with E-state index < -0.39 is 0 Å². The number of aromatic amines is 1. The predicted octanol–water partition coefficient (Wildman–Crippen LogP) is 2.30. The number of carbonyl (C=O) groups is 1. The second-order valence-electron chi connectivity index (χ2n) is 5.33. The average molecular weight is 343 g/mol. The summed E-state index contributed by atoms with van der Waals surface area (Å²) in [6, 6.07) is 7.13. The molecule has 0 bridgehead atoms. The number of benzene rings is 1. The largest absolute Gasteiger partial charge is 0.310 e. The minimum atomic E-state index is -0.190. The number of para-hydroxylation sites is 1. The Bertz CT molecular complexity index is 918. The molecule has 3 rings (SSSR count). The van der Waals surface area contributed by atoms with Crippen LogP contribution in [0.25, 0.3) is 10.9 Å². The van der Waals surface area contributed by atoms with Crippen LogP contribution in [0.4, 0.5) is 5.13 Å². The summed E-state index contributed by atoms with van der Waals surface area (Å²) in [5.74, 6) is 0.322. The number of rotatable bonds is 6. The van der Waals surface area contributed by atoms with Crippen LogP contribution in [0.5, 0.6) is 0 Å². The number of nitrogens with zero attached hydrogens (tertiary/aromatic N) is 3. The molecule has 2 aromatic heterocycles. The van der Waals surface area contributed by atoms with E-state index in [2.05, 4.69) is 32.4 Å². The van der Waals surface area contributed by atoms with E-state index in [0.29, 0.717) is 28.3 Å². The number of fused-ring (bicyclic) bond motifs is 1. The molecular formula is C16H17N5O2S. The molecule has 124 valence electrons. The van der Waals surface area contributed by atoms with Gasteiger partial charge in [0.2, 0.25) is 11.0 Å². The minimum absolute atomic E-state index is 0.176. The predicted molar refractivity (Wildman–Crippen MR) is 93.2 cm³/mol. The van der Waals surface area contributed by atoms with Crippen LogP contribution in [0.2, 0.25) is 0 Å². The zero-order chi connectivity index (χ0) is 16.9. The van der Waals surface area contributed by atoms with Crippen molar-refractivity contribution >= 4 is 33.3 Å². The van der Waals surface area contributed by atoms with Crippen molar-refractivity contribution in [3.05, 3.63) is 45.5 Å². The van der Waals surface area contributed by atoms with Crippen LogP contribution in [0, 0.1) is 0 Å². The van der Waals surface area contributed by atoms with E-state index in [4.69, 9.17) is 0 Å². The minimum Gasteiger partial charge on any atom is -0.310 e. The van der Waals surface area contributed by atoms with Crippen LogP contribution in [-0.2, 0) is 17.6 Å². The number of aryl methyl sites for hydroxylation is 2. The number of anilines is 1. The molecule has 0 aliphatic heterocycles. The zero-order valence-corrected chi connectivity index (χ0v) is 14.0. The van der Waals surface area contributed by atoms with Crippen molar-refractivity contribution in [1.29, 1.82) is 0 Å². The fraction of sp³-hybridized carbons (Fsp3) is 0.312. The van der Waals surface area contributed by atoms with Gasteiger partial charge in [0.25, 0.3) is 5.56 Å². The molecule has 0 fully saturated rings. The molecule has 0 spiro atoms. The van der Waals surface area contributed by atoms with E-state index >= 15 is 0 Å². The Morgan fingerprint density at radius 3 is 2.92 bits per heavy atom. The number of amides is 1. The normalized spacial score (nSPS) is 10.9. The molecule has 2 heterocycles. The highest BCUT2D eigenvalue weighted by Gasteiger charge is 2.10. The fourth-order valence-electron chi connectivity index (χ4n) is 2.29. The second kappa shape index (κ2) is 7.31. The monoisotopic (exact) mass is 343 g/mol. The van der Waals surface area contributed by atoms with Gasteiger partial charge in [-0.2, -0.15) is 0 Å². The number of carbonyl (C=O) groups excluding carboxylic acids is 1. The number of aromatic nitrogens is 4. The van der Waals surface area contributed by atoms with Crippen molar-refractivity contribution in [1.82, 2.24) is 20.2 Å². The van der Waals surface area contributed by atoms with Crippen LogP contribution in [0.3, 0.4) is 0 Å². The highest BCUT2D eigenvalue weighted by atomic mass is 32.1. The Balaban J connectivity index is 1.62. The van der Waals surface area contributed by atoms with E-state index in [-0.39, 0.29) is 17.9 Å². The van der Waals surface area contributed by atoms with Crippen LogP contribution in [-0.4, -0.2) is 26.1 Å². The van der Waals surface area contributed by atoms with Crippen LogP contribution in [0.1, 0.15) is 30.6 Å². The molecule has 2 N–H and O–H groups in total. The SMILES string of the molecule is CCCc1nnc(NC(=O)CCc2nc3ccccc3c(=O)[nH]2)s1. The molecule has 1 amide bonds. The maximum Gasteiger partial charge on any atom is 0.258 e. The Morgan fingerprint density at radius 2 is 2.08 bits per heavy atom. The highest BCUT2D eigenvalue weighted by Crippen LogP contribution is 2.16. The van der Waals surface area contributed by atoms with E-state index in [1.807, 2.05) is 6.07 Å². The van der Waals surface area contributed by atoms with Crippen molar-refractivity contribution in [2.45, 2.75) is 32.6 Å². The molecule has 3 aromatic rings.